The molecule has 1 aliphatic rings. The van der Waals surface area contributed by atoms with Crippen molar-refractivity contribution in [3.8, 4) is 0 Å². The van der Waals surface area contributed by atoms with Crippen LogP contribution in [0.2, 0.25) is 5.15 Å². The van der Waals surface area contributed by atoms with Gasteiger partial charge in [-0.25, -0.2) is 18.1 Å². The quantitative estimate of drug-likeness (QED) is 0.882. The summed E-state index contributed by atoms with van der Waals surface area (Å²) in [7, 11) is -2.06. The van der Waals surface area contributed by atoms with Crippen molar-refractivity contribution >= 4 is 21.6 Å². The molecule has 1 N–H and O–H groups in total. The average molecular weight is 368 g/mol. The van der Waals surface area contributed by atoms with Crippen molar-refractivity contribution < 1.29 is 8.42 Å². The molecule has 24 heavy (non-hydrogen) atoms. The number of rotatable bonds is 5. The molecule has 0 saturated heterocycles. The van der Waals surface area contributed by atoms with E-state index in [4.69, 9.17) is 11.6 Å². The molecule has 1 fully saturated rings. The van der Waals surface area contributed by atoms with E-state index in [0.717, 1.165) is 25.7 Å². The van der Waals surface area contributed by atoms with E-state index in [2.05, 4.69) is 21.8 Å². The van der Waals surface area contributed by atoms with Crippen LogP contribution in [0.3, 0.4) is 0 Å². The van der Waals surface area contributed by atoms with Crippen LogP contribution in [-0.4, -0.2) is 24.5 Å². The van der Waals surface area contributed by atoms with Crippen molar-refractivity contribution in [2.45, 2.75) is 42.5 Å². The largest absolute Gasteiger partial charge is 0.324 e. The summed E-state index contributed by atoms with van der Waals surface area (Å²) >= 11 is 6.05. The third kappa shape index (κ3) is 3.36. The van der Waals surface area contributed by atoms with Crippen LogP contribution < -0.4 is 4.72 Å². The Morgan fingerprint density at radius 1 is 1.21 bits per heavy atom. The Labute approximate surface area is 148 Å². The monoisotopic (exact) mass is 367 g/mol. The lowest BCUT2D eigenvalue weighted by Gasteiger charge is -2.38. The summed E-state index contributed by atoms with van der Waals surface area (Å²) in [5.74, 6) is 0. The van der Waals surface area contributed by atoms with E-state index in [9.17, 15) is 8.42 Å². The Morgan fingerprint density at radius 2 is 1.88 bits per heavy atom. The molecule has 1 saturated carbocycles. The van der Waals surface area contributed by atoms with Gasteiger partial charge in [-0.1, -0.05) is 61.2 Å². The van der Waals surface area contributed by atoms with Gasteiger partial charge in [0.25, 0.3) is 10.0 Å². The number of hydrogen-bond acceptors (Lipinski definition) is 3. The number of imidazole rings is 1. The molecular weight excluding hydrogens is 346 g/mol. The first kappa shape index (κ1) is 17.5. The summed E-state index contributed by atoms with van der Waals surface area (Å²) in [5, 5.41) is 0.0191. The van der Waals surface area contributed by atoms with Crippen LogP contribution in [0.25, 0.3) is 0 Å². The maximum Gasteiger partial charge on any atom is 0.261 e. The Morgan fingerprint density at radius 3 is 2.46 bits per heavy atom. The number of aromatic nitrogens is 2. The zero-order valence-corrected chi connectivity index (χ0v) is 15.3. The number of sulfonamides is 1. The van der Waals surface area contributed by atoms with Crippen molar-refractivity contribution in [2.24, 2.45) is 7.05 Å². The van der Waals surface area contributed by atoms with Crippen LogP contribution in [0.15, 0.2) is 41.7 Å². The van der Waals surface area contributed by atoms with Gasteiger partial charge in [-0.05, 0) is 18.4 Å². The normalized spacial score (nSPS) is 17.8. The number of hydrogen-bond donors (Lipinski definition) is 1. The Kier molecular flexibility index (Phi) is 4.99. The van der Waals surface area contributed by atoms with Crippen molar-refractivity contribution in [2.75, 3.05) is 6.54 Å². The zero-order valence-electron chi connectivity index (χ0n) is 13.7. The van der Waals surface area contributed by atoms with Gasteiger partial charge in [-0.3, -0.25) is 0 Å². The standard InChI is InChI=1S/C17H22ClN3O2S/c1-21-13-19-16(15(21)18)24(22,23)20-12-17(10-6-3-7-11-17)14-8-4-2-5-9-14/h2,4-5,8-9,13,20H,3,6-7,10-12H2,1H3. The molecule has 2 aromatic rings. The molecule has 0 spiro atoms. The van der Waals surface area contributed by atoms with Gasteiger partial charge in [0.05, 0.1) is 6.33 Å². The lowest BCUT2D eigenvalue weighted by molar-refractivity contribution is 0.292. The molecular formula is C17H22ClN3O2S. The third-order valence-corrected chi connectivity index (χ3v) is 6.78. The first-order valence-corrected chi connectivity index (χ1v) is 10.0. The molecule has 0 amide bonds. The second kappa shape index (κ2) is 6.86. The van der Waals surface area contributed by atoms with E-state index < -0.39 is 10.0 Å². The van der Waals surface area contributed by atoms with E-state index in [0.29, 0.717) is 6.54 Å². The predicted molar refractivity (Wildman–Crippen MR) is 94.6 cm³/mol. The predicted octanol–water partition coefficient (Wildman–Crippen LogP) is 3.25. The van der Waals surface area contributed by atoms with E-state index >= 15 is 0 Å². The summed E-state index contributed by atoms with van der Waals surface area (Å²) in [4.78, 5) is 3.93. The fourth-order valence-corrected chi connectivity index (χ4v) is 5.02. The van der Waals surface area contributed by atoms with Gasteiger partial charge >= 0.3 is 0 Å². The van der Waals surface area contributed by atoms with Crippen molar-refractivity contribution in [1.82, 2.24) is 14.3 Å². The van der Waals surface area contributed by atoms with Gasteiger partial charge in [0.15, 0.2) is 0 Å². The van der Waals surface area contributed by atoms with Crippen LogP contribution >= 0.6 is 11.6 Å². The molecule has 1 aromatic heterocycles. The molecule has 1 aromatic carbocycles. The fourth-order valence-electron chi connectivity index (χ4n) is 3.46. The van der Waals surface area contributed by atoms with Gasteiger partial charge < -0.3 is 4.57 Å². The van der Waals surface area contributed by atoms with Crippen LogP contribution in [0.5, 0.6) is 0 Å². The molecule has 0 unspecified atom stereocenters. The molecule has 130 valence electrons. The highest BCUT2D eigenvalue weighted by molar-refractivity contribution is 7.89. The molecule has 3 rings (SSSR count). The second-order valence-electron chi connectivity index (χ2n) is 6.48. The van der Waals surface area contributed by atoms with Gasteiger partial charge in [0.1, 0.15) is 5.15 Å². The highest BCUT2D eigenvalue weighted by Gasteiger charge is 2.35. The van der Waals surface area contributed by atoms with Gasteiger partial charge in [-0.15, -0.1) is 0 Å². The second-order valence-corrected chi connectivity index (χ2v) is 8.52. The van der Waals surface area contributed by atoms with Crippen molar-refractivity contribution in [3.05, 3.63) is 47.4 Å². The highest BCUT2D eigenvalue weighted by atomic mass is 35.5. The molecule has 1 aliphatic carbocycles. The molecule has 1 heterocycles. The number of nitrogens with zero attached hydrogens (tertiary/aromatic N) is 2. The minimum absolute atomic E-state index is 0.106. The Hall–Kier alpha value is -1.37. The van der Waals surface area contributed by atoms with Crippen LogP contribution in [0.1, 0.15) is 37.7 Å². The number of nitrogens with one attached hydrogen (secondary N) is 1. The maximum atomic E-state index is 12.6. The lowest BCUT2D eigenvalue weighted by Crippen LogP contribution is -2.42. The Bertz CT molecular complexity index is 796. The van der Waals surface area contributed by atoms with Crippen molar-refractivity contribution in [3.63, 3.8) is 0 Å². The van der Waals surface area contributed by atoms with E-state index in [1.807, 2.05) is 18.2 Å². The van der Waals surface area contributed by atoms with Gasteiger partial charge in [-0.2, -0.15) is 0 Å². The van der Waals surface area contributed by atoms with E-state index in [-0.39, 0.29) is 15.6 Å². The van der Waals surface area contributed by atoms with Crippen LogP contribution in [-0.2, 0) is 22.5 Å². The summed E-state index contributed by atoms with van der Waals surface area (Å²) < 4.78 is 29.5. The molecule has 0 bridgehead atoms. The maximum absolute atomic E-state index is 12.6. The summed E-state index contributed by atoms with van der Waals surface area (Å²) in [5.41, 5.74) is 1.04. The SMILES string of the molecule is Cn1cnc(S(=O)(=O)NCC2(c3ccccc3)CCCCC2)c1Cl. The van der Waals surface area contributed by atoms with Crippen LogP contribution in [0, 0.1) is 0 Å². The average Bonchev–Trinajstić information content (AvgIpc) is 2.95. The minimum atomic E-state index is -3.73. The fraction of sp³-hybridized carbons (Fsp3) is 0.471. The van der Waals surface area contributed by atoms with Gasteiger partial charge in [0, 0.05) is 19.0 Å². The number of benzene rings is 1. The zero-order chi connectivity index (χ0) is 17.2. The molecule has 0 aliphatic heterocycles. The van der Waals surface area contributed by atoms with Crippen LogP contribution in [0.4, 0.5) is 0 Å². The first-order valence-electron chi connectivity index (χ1n) is 8.17. The topological polar surface area (TPSA) is 64.0 Å². The third-order valence-electron chi connectivity index (χ3n) is 4.89. The smallest absolute Gasteiger partial charge is 0.261 e. The highest BCUT2D eigenvalue weighted by Crippen LogP contribution is 2.39. The summed E-state index contributed by atoms with van der Waals surface area (Å²) in [6.07, 6.45) is 6.80. The van der Waals surface area contributed by atoms with Crippen molar-refractivity contribution in [1.29, 1.82) is 0 Å². The number of aryl methyl sites for hydroxylation is 1. The molecule has 0 atom stereocenters. The summed E-state index contributed by atoms with van der Waals surface area (Å²) in [6.45, 7) is 0.367. The lowest BCUT2D eigenvalue weighted by atomic mass is 9.69. The van der Waals surface area contributed by atoms with Gasteiger partial charge in [0.2, 0.25) is 5.03 Å². The Balaban J connectivity index is 1.85. The summed E-state index contributed by atoms with van der Waals surface area (Å²) in [6, 6.07) is 10.2. The van der Waals surface area contributed by atoms with E-state index in [1.54, 1.807) is 7.05 Å². The molecule has 7 heteroatoms. The molecule has 5 nitrogen and oxygen atoms in total. The minimum Gasteiger partial charge on any atom is -0.324 e. The van der Waals surface area contributed by atoms with E-state index in [1.165, 1.54) is 22.9 Å². The number of halogens is 1. The first-order chi connectivity index (χ1) is 11.4. The molecule has 0 radical (unpaired) electrons.